The van der Waals surface area contributed by atoms with Crippen molar-refractivity contribution in [1.82, 2.24) is 0 Å². The minimum atomic E-state index is -1.17. The Kier molecular flexibility index (Phi) is 3.71. The number of Topliss-reactive ketones (excluding diaryl/α,β-unsaturated/α-hetero) is 1. The van der Waals surface area contributed by atoms with Crippen LogP contribution < -0.4 is 4.74 Å². The van der Waals surface area contributed by atoms with Crippen LogP contribution in [-0.4, -0.2) is 23.6 Å². The molecule has 0 aliphatic heterocycles. The molecule has 0 atom stereocenters. The van der Waals surface area contributed by atoms with Crippen LogP contribution in [0.15, 0.2) is 24.3 Å². The second kappa shape index (κ2) is 5.11. The van der Waals surface area contributed by atoms with E-state index < -0.39 is 5.60 Å². The summed E-state index contributed by atoms with van der Waals surface area (Å²) in [5.41, 5.74) is -0.603. The van der Waals surface area contributed by atoms with E-state index in [1.54, 1.807) is 31.4 Å². The summed E-state index contributed by atoms with van der Waals surface area (Å²) in [4.78, 5) is 12.3. The van der Waals surface area contributed by atoms with Gasteiger partial charge in [0.2, 0.25) is 0 Å². The molecule has 1 aromatic rings. The number of hydrogen-bond acceptors (Lipinski definition) is 3. The maximum atomic E-state index is 12.3. The van der Waals surface area contributed by atoms with Crippen LogP contribution in [0.5, 0.6) is 5.75 Å². The lowest BCUT2D eigenvalue weighted by atomic mass is 9.76. The summed E-state index contributed by atoms with van der Waals surface area (Å²) < 4.78 is 5.06. The van der Waals surface area contributed by atoms with Crippen molar-refractivity contribution in [3.63, 3.8) is 0 Å². The molecule has 0 aromatic heterocycles. The molecule has 2 rings (SSSR count). The van der Waals surface area contributed by atoms with Crippen molar-refractivity contribution in [3.05, 3.63) is 29.8 Å². The Morgan fingerprint density at radius 1 is 1.28 bits per heavy atom. The first-order valence-corrected chi connectivity index (χ1v) is 6.46. The normalized spacial score (nSPS) is 27.8. The fourth-order valence-corrected chi connectivity index (χ4v) is 2.48. The van der Waals surface area contributed by atoms with Gasteiger partial charge < -0.3 is 9.84 Å². The van der Waals surface area contributed by atoms with Gasteiger partial charge in [-0.2, -0.15) is 0 Å². The molecule has 0 bridgehead atoms. The van der Waals surface area contributed by atoms with Gasteiger partial charge in [-0.05, 0) is 55.9 Å². The highest BCUT2D eigenvalue weighted by atomic mass is 16.5. The van der Waals surface area contributed by atoms with E-state index in [4.69, 9.17) is 4.74 Å². The molecule has 1 N–H and O–H groups in total. The maximum absolute atomic E-state index is 12.3. The van der Waals surface area contributed by atoms with Crippen molar-refractivity contribution in [1.29, 1.82) is 0 Å². The lowest BCUT2D eigenvalue weighted by molar-refractivity contribution is 0.00426. The van der Waals surface area contributed by atoms with Crippen molar-refractivity contribution < 1.29 is 14.6 Å². The lowest BCUT2D eigenvalue weighted by Crippen LogP contribution is -2.41. The quantitative estimate of drug-likeness (QED) is 0.837. The predicted octanol–water partition coefficient (Wildman–Crippen LogP) is 2.82. The van der Waals surface area contributed by atoms with Crippen LogP contribution in [-0.2, 0) is 0 Å². The standard InChI is InChI=1S/C15H20O3/c1-11-7-9-15(17,10-8-11)14(16)12-3-5-13(18-2)6-4-12/h3-6,11,17H,7-10H2,1-2H3. The molecule has 3 nitrogen and oxygen atoms in total. The van der Waals surface area contributed by atoms with Gasteiger partial charge in [0.25, 0.3) is 0 Å². The fourth-order valence-electron chi connectivity index (χ4n) is 2.48. The van der Waals surface area contributed by atoms with Gasteiger partial charge in [-0.15, -0.1) is 0 Å². The molecule has 98 valence electrons. The highest BCUT2D eigenvalue weighted by Crippen LogP contribution is 2.34. The number of hydrogen-bond donors (Lipinski definition) is 1. The Hall–Kier alpha value is -1.35. The molecular weight excluding hydrogens is 228 g/mol. The predicted molar refractivity (Wildman–Crippen MR) is 69.9 cm³/mol. The number of aliphatic hydroxyl groups is 1. The van der Waals surface area contributed by atoms with Gasteiger partial charge in [0.1, 0.15) is 11.4 Å². The SMILES string of the molecule is COc1ccc(C(=O)C2(O)CCC(C)CC2)cc1. The summed E-state index contributed by atoms with van der Waals surface area (Å²) in [6.07, 6.45) is 2.97. The first-order chi connectivity index (χ1) is 8.55. The van der Waals surface area contributed by atoms with Crippen molar-refractivity contribution in [3.8, 4) is 5.75 Å². The summed E-state index contributed by atoms with van der Waals surface area (Å²) >= 11 is 0. The number of carbonyl (C=O) groups is 1. The van der Waals surface area contributed by atoms with E-state index in [1.165, 1.54) is 0 Å². The molecule has 1 aliphatic carbocycles. The van der Waals surface area contributed by atoms with E-state index in [-0.39, 0.29) is 5.78 Å². The third-order valence-corrected chi connectivity index (χ3v) is 3.88. The van der Waals surface area contributed by atoms with Crippen LogP contribution in [0.3, 0.4) is 0 Å². The average Bonchev–Trinajstić information content (AvgIpc) is 2.41. The smallest absolute Gasteiger partial charge is 0.194 e. The van der Waals surface area contributed by atoms with Crippen LogP contribution in [0.25, 0.3) is 0 Å². The van der Waals surface area contributed by atoms with Crippen molar-refractivity contribution >= 4 is 5.78 Å². The summed E-state index contributed by atoms with van der Waals surface area (Å²) in [5, 5.41) is 10.5. The third-order valence-electron chi connectivity index (χ3n) is 3.88. The van der Waals surface area contributed by atoms with E-state index in [0.717, 1.165) is 18.6 Å². The average molecular weight is 248 g/mol. The Balaban J connectivity index is 2.14. The zero-order valence-corrected chi connectivity index (χ0v) is 11.0. The van der Waals surface area contributed by atoms with Crippen molar-refractivity contribution in [2.24, 2.45) is 5.92 Å². The van der Waals surface area contributed by atoms with E-state index in [0.29, 0.717) is 24.3 Å². The molecule has 1 aliphatic rings. The molecule has 1 fully saturated rings. The summed E-state index contributed by atoms with van der Waals surface area (Å²) in [7, 11) is 1.59. The molecular formula is C15H20O3. The van der Waals surface area contributed by atoms with Crippen LogP contribution >= 0.6 is 0 Å². The number of methoxy groups -OCH3 is 1. The van der Waals surface area contributed by atoms with Crippen LogP contribution in [0.1, 0.15) is 43.0 Å². The molecule has 1 aromatic carbocycles. The molecule has 0 saturated heterocycles. The summed E-state index contributed by atoms with van der Waals surface area (Å²) in [6, 6.07) is 6.94. The van der Waals surface area contributed by atoms with Gasteiger partial charge in [0, 0.05) is 5.56 Å². The minimum Gasteiger partial charge on any atom is -0.497 e. The number of ether oxygens (including phenoxy) is 1. The van der Waals surface area contributed by atoms with Crippen molar-refractivity contribution in [2.75, 3.05) is 7.11 Å². The largest absolute Gasteiger partial charge is 0.497 e. The van der Waals surface area contributed by atoms with E-state index in [2.05, 4.69) is 6.92 Å². The summed E-state index contributed by atoms with van der Waals surface area (Å²) in [6.45, 7) is 2.16. The monoisotopic (exact) mass is 248 g/mol. The Labute approximate surface area is 108 Å². The molecule has 0 unspecified atom stereocenters. The summed E-state index contributed by atoms with van der Waals surface area (Å²) in [5.74, 6) is 1.17. The van der Waals surface area contributed by atoms with Gasteiger partial charge in [0.15, 0.2) is 5.78 Å². The van der Waals surface area contributed by atoms with E-state index >= 15 is 0 Å². The Morgan fingerprint density at radius 3 is 2.33 bits per heavy atom. The van der Waals surface area contributed by atoms with Gasteiger partial charge >= 0.3 is 0 Å². The van der Waals surface area contributed by atoms with E-state index in [1.807, 2.05) is 0 Å². The topological polar surface area (TPSA) is 46.5 Å². The van der Waals surface area contributed by atoms with Gasteiger partial charge in [0.05, 0.1) is 7.11 Å². The van der Waals surface area contributed by atoms with Gasteiger partial charge in [-0.3, -0.25) is 4.79 Å². The highest BCUT2D eigenvalue weighted by molar-refractivity contribution is 6.02. The number of benzene rings is 1. The molecule has 1 saturated carbocycles. The first kappa shape index (κ1) is 13.1. The lowest BCUT2D eigenvalue weighted by Gasteiger charge is -2.33. The Morgan fingerprint density at radius 2 is 1.83 bits per heavy atom. The molecule has 0 amide bonds. The minimum absolute atomic E-state index is 0.156. The molecule has 0 radical (unpaired) electrons. The van der Waals surface area contributed by atoms with E-state index in [9.17, 15) is 9.90 Å². The molecule has 0 heterocycles. The number of rotatable bonds is 3. The third kappa shape index (κ3) is 2.56. The van der Waals surface area contributed by atoms with Crippen molar-refractivity contribution in [2.45, 2.75) is 38.2 Å². The zero-order valence-electron chi connectivity index (χ0n) is 11.0. The molecule has 3 heteroatoms. The van der Waals surface area contributed by atoms with Crippen LogP contribution in [0.2, 0.25) is 0 Å². The second-order valence-electron chi connectivity index (χ2n) is 5.27. The Bertz CT molecular complexity index is 414. The van der Waals surface area contributed by atoms with Gasteiger partial charge in [-0.25, -0.2) is 0 Å². The highest BCUT2D eigenvalue weighted by Gasteiger charge is 2.39. The van der Waals surface area contributed by atoms with Crippen LogP contribution in [0.4, 0.5) is 0 Å². The van der Waals surface area contributed by atoms with Crippen LogP contribution in [0, 0.1) is 5.92 Å². The van der Waals surface area contributed by atoms with Gasteiger partial charge in [-0.1, -0.05) is 6.92 Å². The molecule has 0 spiro atoms. The maximum Gasteiger partial charge on any atom is 0.194 e. The fraction of sp³-hybridized carbons (Fsp3) is 0.533. The zero-order chi connectivity index (χ0) is 13.2. The number of carbonyl (C=O) groups excluding carboxylic acids is 1. The first-order valence-electron chi connectivity index (χ1n) is 6.46. The number of ketones is 1. The second-order valence-corrected chi connectivity index (χ2v) is 5.27. The molecule has 18 heavy (non-hydrogen) atoms.